The molecule has 1 saturated heterocycles. The third kappa shape index (κ3) is 4.15. The summed E-state index contributed by atoms with van der Waals surface area (Å²) in [4.78, 5) is 11.7. The van der Waals surface area contributed by atoms with Crippen LogP contribution in [-0.4, -0.2) is 46.1 Å². The van der Waals surface area contributed by atoms with Crippen LogP contribution in [0.2, 0.25) is 0 Å². The largest absolute Gasteiger partial charge is 0.354 e. The van der Waals surface area contributed by atoms with Gasteiger partial charge in [0.15, 0.2) is 6.29 Å². The van der Waals surface area contributed by atoms with E-state index in [0.29, 0.717) is 6.54 Å². The SMILES string of the molecule is COC(CNC(=O)C1CCCNC1)OC. The molecule has 1 fully saturated rings. The molecule has 1 unspecified atom stereocenters. The number of carbonyl (C=O) groups excluding carboxylic acids is 1. The van der Waals surface area contributed by atoms with E-state index in [1.807, 2.05) is 0 Å². The quantitative estimate of drug-likeness (QED) is 0.621. The number of methoxy groups -OCH3 is 2. The van der Waals surface area contributed by atoms with E-state index in [1.165, 1.54) is 0 Å². The molecule has 1 heterocycles. The molecule has 1 amide bonds. The molecule has 0 aromatic rings. The molecule has 0 saturated carbocycles. The average Bonchev–Trinajstić information content (AvgIpc) is 2.31. The molecule has 1 atom stereocenters. The second-order valence-corrected chi connectivity index (χ2v) is 3.69. The van der Waals surface area contributed by atoms with Crippen LogP contribution in [0.3, 0.4) is 0 Å². The monoisotopic (exact) mass is 216 g/mol. The summed E-state index contributed by atoms with van der Waals surface area (Å²) in [5, 5.41) is 6.03. The minimum Gasteiger partial charge on any atom is -0.354 e. The van der Waals surface area contributed by atoms with E-state index in [2.05, 4.69) is 10.6 Å². The van der Waals surface area contributed by atoms with Crippen molar-refractivity contribution in [2.75, 3.05) is 33.9 Å². The predicted molar refractivity (Wildman–Crippen MR) is 56.4 cm³/mol. The Morgan fingerprint density at radius 2 is 2.27 bits per heavy atom. The third-order valence-electron chi connectivity index (χ3n) is 2.64. The Labute approximate surface area is 90.5 Å². The Balaban J connectivity index is 2.22. The zero-order valence-corrected chi connectivity index (χ0v) is 9.41. The fourth-order valence-corrected chi connectivity index (χ4v) is 1.67. The summed E-state index contributed by atoms with van der Waals surface area (Å²) < 4.78 is 9.97. The highest BCUT2D eigenvalue weighted by atomic mass is 16.7. The van der Waals surface area contributed by atoms with Crippen molar-refractivity contribution in [2.45, 2.75) is 19.1 Å². The minimum absolute atomic E-state index is 0.0845. The number of carbonyl (C=O) groups is 1. The second-order valence-electron chi connectivity index (χ2n) is 3.69. The van der Waals surface area contributed by atoms with Crippen molar-refractivity contribution in [3.05, 3.63) is 0 Å². The standard InChI is InChI=1S/C10H20N2O3/c1-14-9(15-2)7-12-10(13)8-4-3-5-11-6-8/h8-9,11H,3-7H2,1-2H3,(H,12,13). The van der Waals surface area contributed by atoms with Gasteiger partial charge in [0.2, 0.25) is 5.91 Å². The van der Waals surface area contributed by atoms with E-state index in [0.717, 1.165) is 25.9 Å². The highest BCUT2D eigenvalue weighted by molar-refractivity contribution is 5.78. The maximum absolute atomic E-state index is 11.7. The van der Waals surface area contributed by atoms with Gasteiger partial charge in [0, 0.05) is 20.8 Å². The molecule has 5 nitrogen and oxygen atoms in total. The first-order valence-corrected chi connectivity index (χ1v) is 5.32. The first kappa shape index (κ1) is 12.4. The van der Waals surface area contributed by atoms with Crippen LogP contribution in [0.1, 0.15) is 12.8 Å². The first-order chi connectivity index (χ1) is 7.27. The molecule has 2 N–H and O–H groups in total. The van der Waals surface area contributed by atoms with Crippen LogP contribution in [0, 0.1) is 5.92 Å². The van der Waals surface area contributed by atoms with Crippen LogP contribution in [0.4, 0.5) is 0 Å². The van der Waals surface area contributed by atoms with E-state index in [9.17, 15) is 4.79 Å². The number of rotatable bonds is 5. The summed E-state index contributed by atoms with van der Waals surface area (Å²) in [6.07, 6.45) is 1.67. The van der Waals surface area contributed by atoms with Crippen LogP contribution in [0.15, 0.2) is 0 Å². The summed E-state index contributed by atoms with van der Waals surface area (Å²) in [5.41, 5.74) is 0. The highest BCUT2D eigenvalue weighted by Crippen LogP contribution is 2.09. The van der Waals surface area contributed by atoms with Gasteiger partial charge in [-0.25, -0.2) is 0 Å². The Kier molecular flexibility index (Phi) is 5.60. The van der Waals surface area contributed by atoms with Crippen molar-refractivity contribution in [1.82, 2.24) is 10.6 Å². The Morgan fingerprint density at radius 3 is 2.80 bits per heavy atom. The molecule has 1 aliphatic rings. The van der Waals surface area contributed by atoms with Crippen molar-refractivity contribution in [1.29, 1.82) is 0 Å². The number of hydrogen-bond acceptors (Lipinski definition) is 4. The lowest BCUT2D eigenvalue weighted by molar-refractivity contribution is -0.131. The number of nitrogens with one attached hydrogen (secondary N) is 2. The van der Waals surface area contributed by atoms with Gasteiger partial charge in [-0.1, -0.05) is 0 Å². The molecule has 15 heavy (non-hydrogen) atoms. The zero-order chi connectivity index (χ0) is 11.1. The van der Waals surface area contributed by atoms with Crippen molar-refractivity contribution < 1.29 is 14.3 Å². The molecule has 88 valence electrons. The zero-order valence-electron chi connectivity index (χ0n) is 9.41. The van der Waals surface area contributed by atoms with Crippen molar-refractivity contribution in [3.8, 4) is 0 Å². The minimum atomic E-state index is -0.356. The van der Waals surface area contributed by atoms with Crippen LogP contribution >= 0.6 is 0 Å². The van der Waals surface area contributed by atoms with E-state index in [4.69, 9.17) is 9.47 Å². The normalized spacial score (nSPS) is 21.7. The van der Waals surface area contributed by atoms with Gasteiger partial charge in [-0.15, -0.1) is 0 Å². The predicted octanol–water partition coefficient (Wildman–Crippen LogP) is -0.279. The third-order valence-corrected chi connectivity index (χ3v) is 2.64. The maximum atomic E-state index is 11.7. The highest BCUT2D eigenvalue weighted by Gasteiger charge is 2.21. The lowest BCUT2D eigenvalue weighted by atomic mass is 9.99. The summed E-state index contributed by atoms with van der Waals surface area (Å²) in [5.74, 6) is 0.175. The molecule has 1 aliphatic heterocycles. The molecular formula is C10H20N2O3. The fourth-order valence-electron chi connectivity index (χ4n) is 1.67. The van der Waals surface area contributed by atoms with Gasteiger partial charge in [0.05, 0.1) is 12.5 Å². The van der Waals surface area contributed by atoms with Gasteiger partial charge in [-0.3, -0.25) is 4.79 Å². The summed E-state index contributed by atoms with van der Waals surface area (Å²) >= 11 is 0. The maximum Gasteiger partial charge on any atom is 0.224 e. The molecule has 0 bridgehead atoms. The van der Waals surface area contributed by atoms with Crippen LogP contribution in [0.5, 0.6) is 0 Å². The number of hydrogen-bond donors (Lipinski definition) is 2. The van der Waals surface area contributed by atoms with Gasteiger partial charge >= 0.3 is 0 Å². The molecule has 1 rings (SSSR count). The topological polar surface area (TPSA) is 59.6 Å². The van der Waals surface area contributed by atoms with Gasteiger partial charge in [0.1, 0.15) is 0 Å². The van der Waals surface area contributed by atoms with Gasteiger partial charge in [0.25, 0.3) is 0 Å². The fraction of sp³-hybridized carbons (Fsp3) is 0.900. The van der Waals surface area contributed by atoms with Gasteiger partial charge < -0.3 is 20.1 Å². The summed E-state index contributed by atoms with van der Waals surface area (Å²) in [7, 11) is 3.12. The number of amides is 1. The Morgan fingerprint density at radius 1 is 1.53 bits per heavy atom. The Hall–Kier alpha value is -0.650. The smallest absolute Gasteiger partial charge is 0.224 e. The van der Waals surface area contributed by atoms with Crippen LogP contribution < -0.4 is 10.6 Å². The summed E-state index contributed by atoms with van der Waals surface area (Å²) in [6.45, 7) is 2.20. The van der Waals surface area contributed by atoms with Gasteiger partial charge in [-0.2, -0.15) is 0 Å². The van der Waals surface area contributed by atoms with E-state index in [1.54, 1.807) is 14.2 Å². The molecule has 0 aromatic heterocycles. The number of ether oxygens (including phenoxy) is 2. The molecule has 5 heteroatoms. The summed E-state index contributed by atoms with van der Waals surface area (Å²) in [6, 6.07) is 0. The molecule has 0 aromatic carbocycles. The average molecular weight is 216 g/mol. The van der Waals surface area contributed by atoms with Crippen molar-refractivity contribution in [3.63, 3.8) is 0 Å². The molecule has 0 aliphatic carbocycles. The van der Waals surface area contributed by atoms with E-state index in [-0.39, 0.29) is 18.1 Å². The lowest BCUT2D eigenvalue weighted by Gasteiger charge is -2.23. The van der Waals surface area contributed by atoms with Crippen LogP contribution in [-0.2, 0) is 14.3 Å². The Bertz CT molecular complexity index is 189. The van der Waals surface area contributed by atoms with Crippen LogP contribution in [0.25, 0.3) is 0 Å². The van der Waals surface area contributed by atoms with Crippen molar-refractivity contribution in [2.24, 2.45) is 5.92 Å². The van der Waals surface area contributed by atoms with Gasteiger partial charge in [-0.05, 0) is 19.4 Å². The van der Waals surface area contributed by atoms with Crippen molar-refractivity contribution >= 4 is 5.91 Å². The first-order valence-electron chi connectivity index (χ1n) is 5.32. The van der Waals surface area contributed by atoms with E-state index >= 15 is 0 Å². The van der Waals surface area contributed by atoms with E-state index < -0.39 is 0 Å². The molecule has 0 spiro atoms. The molecule has 0 radical (unpaired) electrons. The molecular weight excluding hydrogens is 196 g/mol. The second kappa shape index (κ2) is 6.76. The lowest BCUT2D eigenvalue weighted by Crippen LogP contribution is -2.43. The number of piperidine rings is 1.